The number of nitrogens with two attached hydrogens (primary N) is 1. The van der Waals surface area contributed by atoms with E-state index in [0.717, 1.165) is 6.26 Å². The number of hydrogen-bond donors (Lipinski definition) is 1. The van der Waals surface area contributed by atoms with E-state index in [9.17, 15) is 16.8 Å². The van der Waals surface area contributed by atoms with Gasteiger partial charge in [0.1, 0.15) is 9.84 Å². The first-order valence-corrected chi connectivity index (χ1v) is 9.85. The fraction of sp³-hybridized carbons (Fsp3) is 0.583. The van der Waals surface area contributed by atoms with E-state index in [1.54, 1.807) is 0 Å². The predicted molar refractivity (Wildman–Crippen MR) is 76.7 cm³/mol. The highest BCUT2D eigenvalue weighted by atomic mass is 32.2. The molecule has 0 amide bonds. The van der Waals surface area contributed by atoms with Crippen LogP contribution in [0, 0.1) is 0 Å². The molecule has 0 saturated heterocycles. The lowest BCUT2D eigenvalue weighted by molar-refractivity contribution is 0.473. The van der Waals surface area contributed by atoms with Crippen LogP contribution in [0.5, 0.6) is 0 Å². The van der Waals surface area contributed by atoms with E-state index in [-0.39, 0.29) is 17.0 Å². The number of rotatable bonds is 3. The lowest BCUT2D eigenvalue weighted by Gasteiger charge is -2.28. The third-order valence-corrected chi connectivity index (χ3v) is 7.67. The lowest BCUT2D eigenvalue weighted by Crippen LogP contribution is -2.35. The molecule has 2 atom stereocenters. The molecule has 20 heavy (non-hydrogen) atoms. The Kier molecular flexibility index (Phi) is 4.06. The van der Waals surface area contributed by atoms with Crippen molar-refractivity contribution in [2.45, 2.75) is 41.1 Å². The predicted octanol–water partition coefficient (Wildman–Crippen LogP) is 0.793. The van der Waals surface area contributed by atoms with Crippen molar-refractivity contribution in [1.29, 1.82) is 0 Å². The minimum atomic E-state index is -3.62. The highest BCUT2D eigenvalue weighted by Gasteiger charge is 2.37. The highest BCUT2D eigenvalue weighted by molar-refractivity contribution is 7.92. The zero-order valence-electron chi connectivity index (χ0n) is 11.2. The third kappa shape index (κ3) is 2.95. The molecule has 0 radical (unpaired) electrons. The smallest absolute Gasteiger partial charge is 0.183 e. The van der Waals surface area contributed by atoms with Crippen LogP contribution in [0.3, 0.4) is 0 Å². The van der Waals surface area contributed by atoms with Gasteiger partial charge in [-0.3, -0.25) is 4.98 Å². The average molecular weight is 318 g/mol. The molecule has 112 valence electrons. The van der Waals surface area contributed by atoms with Crippen LogP contribution in [0.2, 0.25) is 0 Å². The van der Waals surface area contributed by atoms with Gasteiger partial charge in [0.25, 0.3) is 0 Å². The first-order valence-electron chi connectivity index (χ1n) is 6.35. The van der Waals surface area contributed by atoms with Gasteiger partial charge in [-0.25, -0.2) is 16.8 Å². The van der Waals surface area contributed by atoms with Crippen molar-refractivity contribution in [3.8, 4) is 0 Å². The number of nitrogen functional groups attached to an aromatic ring is 1. The van der Waals surface area contributed by atoms with Crippen molar-refractivity contribution < 1.29 is 16.8 Å². The summed E-state index contributed by atoms with van der Waals surface area (Å²) in [6, 6.07) is 1.37. The number of anilines is 1. The maximum absolute atomic E-state index is 12.6. The van der Waals surface area contributed by atoms with Crippen molar-refractivity contribution in [2.75, 3.05) is 12.0 Å². The average Bonchev–Trinajstić information content (AvgIpc) is 2.38. The van der Waals surface area contributed by atoms with Crippen LogP contribution in [-0.2, 0) is 19.7 Å². The molecule has 1 heterocycles. The summed E-state index contributed by atoms with van der Waals surface area (Å²) in [7, 11) is -6.83. The van der Waals surface area contributed by atoms with E-state index in [2.05, 4.69) is 4.98 Å². The standard InChI is InChI=1S/C12H18N2O4S2/c1-19(15,16)9-3-2-4-10(7-9)20(17,18)12-5-6-14-8-11(12)13/h5-6,8-10H,2-4,7,13H2,1H3. The fourth-order valence-corrected chi connectivity index (χ4v) is 5.86. The van der Waals surface area contributed by atoms with Crippen LogP contribution in [0.4, 0.5) is 5.69 Å². The summed E-state index contributed by atoms with van der Waals surface area (Å²) in [6.45, 7) is 0. The molecule has 1 aromatic rings. The molecular formula is C12H18N2O4S2. The van der Waals surface area contributed by atoms with Gasteiger partial charge in [0, 0.05) is 12.5 Å². The number of aromatic nitrogens is 1. The topological polar surface area (TPSA) is 107 Å². The minimum absolute atomic E-state index is 0.0478. The number of pyridine rings is 1. The van der Waals surface area contributed by atoms with Crippen LogP contribution in [0.1, 0.15) is 25.7 Å². The maximum Gasteiger partial charge on any atom is 0.183 e. The van der Waals surface area contributed by atoms with E-state index in [0.29, 0.717) is 19.3 Å². The normalized spacial score (nSPS) is 24.4. The van der Waals surface area contributed by atoms with Crippen molar-refractivity contribution in [2.24, 2.45) is 0 Å². The monoisotopic (exact) mass is 318 g/mol. The number of sulfone groups is 2. The molecule has 1 aliphatic rings. The minimum Gasteiger partial charge on any atom is -0.396 e. The van der Waals surface area contributed by atoms with E-state index in [4.69, 9.17) is 5.73 Å². The second-order valence-corrected chi connectivity index (χ2v) is 9.72. The summed E-state index contributed by atoms with van der Waals surface area (Å²) >= 11 is 0. The van der Waals surface area contributed by atoms with E-state index in [1.165, 1.54) is 18.5 Å². The van der Waals surface area contributed by atoms with Gasteiger partial charge in [-0.1, -0.05) is 6.42 Å². The Labute approximate surface area is 119 Å². The summed E-state index contributed by atoms with van der Waals surface area (Å²) in [6.07, 6.45) is 5.56. The highest BCUT2D eigenvalue weighted by Crippen LogP contribution is 2.33. The zero-order chi connectivity index (χ0) is 15.0. The molecule has 1 fully saturated rings. The van der Waals surface area contributed by atoms with Crippen molar-refractivity contribution in [3.63, 3.8) is 0 Å². The Morgan fingerprint density at radius 1 is 1.20 bits per heavy atom. The van der Waals surface area contributed by atoms with Gasteiger partial charge in [-0.2, -0.15) is 0 Å². The van der Waals surface area contributed by atoms with E-state index in [1.807, 2.05) is 0 Å². The summed E-state index contributed by atoms with van der Waals surface area (Å²) in [5, 5.41) is -1.28. The Bertz CT molecular complexity index is 698. The quantitative estimate of drug-likeness (QED) is 0.883. The molecule has 8 heteroatoms. The number of hydrogen-bond acceptors (Lipinski definition) is 6. The fourth-order valence-electron chi connectivity index (χ4n) is 2.61. The molecule has 1 aliphatic carbocycles. The summed E-state index contributed by atoms with van der Waals surface area (Å²) < 4.78 is 48.4. The molecule has 0 aliphatic heterocycles. The van der Waals surface area contributed by atoms with Gasteiger partial charge in [0.2, 0.25) is 0 Å². The number of nitrogens with zero attached hydrogens (tertiary/aromatic N) is 1. The van der Waals surface area contributed by atoms with E-state index < -0.39 is 30.2 Å². The van der Waals surface area contributed by atoms with Crippen molar-refractivity contribution in [3.05, 3.63) is 18.5 Å². The van der Waals surface area contributed by atoms with Crippen molar-refractivity contribution in [1.82, 2.24) is 4.98 Å². The second kappa shape index (κ2) is 5.33. The molecule has 2 N–H and O–H groups in total. The Hall–Kier alpha value is -1.15. The molecule has 2 rings (SSSR count). The van der Waals surface area contributed by atoms with Crippen LogP contribution >= 0.6 is 0 Å². The molecule has 0 aromatic carbocycles. The zero-order valence-corrected chi connectivity index (χ0v) is 12.8. The van der Waals surface area contributed by atoms with Crippen LogP contribution in [0.15, 0.2) is 23.4 Å². The first-order chi connectivity index (χ1) is 9.23. The molecular weight excluding hydrogens is 300 g/mol. The molecule has 0 spiro atoms. The first kappa shape index (κ1) is 15.2. The van der Waals surface area contributed by atoms with Crippen molar-refractivity contribution >= 4 is 25.4 Å². The molecule has 2 unspecified atom stereocenters. The Morgan fingerprint density at radius 3 is 2.45 bits per heavy atom. The van der Waals surface area contributed by atoms with E-state index >= 15 is 0 Å². The van der Waals surface area contributed by atoms with Gasteiger partial charge in [0.05, 0.1) is 27.3 Å². The second-order valence-electron chi connectivity index (χ2n) is 5.20. The van der Waals surface area contributed by atoms with Crippen LogP contribution in [0.25, 0.3) is 0 Å². The van der Waals surface area contributed by atoms with Gasteiger partial charge in [-0.15, -0.1) is 0 Å². The van der Waals surface area contributed by atoms with Crippen LogP contribution < -0.4 is 5.73 Å². The summed E-state index contributed by atoms with van der Waals surface area (Å²) in [5.41, 5.74) is 5.78. The molecule has 1 aromatic heterocycles. The Balaban J connectivity index is 2.33. The molecule has 1 saturated carbocycles. The summed E-state index contributed by atoms with van der Waals surface area (Å²) in [5.74, 6) is 0. The van der Waals surface area contributed by atoms with Gasteiger partial charge in [-0.05, 0) is 25.3 Å². The maximum atomic E-state index is 12.6. The lowest BCUT2D eigenvalue weighted by atomic mass is 10.00. The van der Waals surface area contributed by atoms with Gasteiger partial charge < -0.3 is 5.73 Å². The summed E-state index contributed by atoms with van der Waals surface area (Å²) in [4.78, 5) is 3.82. The Morgan fingerprint density at radius 2 is 1.85 bits per heavy atom. The third-order valence-electron chi connectivity index (χ3n) is 3.74. The molecule has 0 bridgehead atoms. The van der Waals surface area contributed by atoms with Gasteiger partial charge >= 0.3 is 0 Å². The van der Waals surface area contributed by atoms with Gasteiger partial charge in [0.15, 0.2) is 9.84 Å². The largest absolute Gasteiger partial charge is 0.396 e. The molecule has 6 nitrogen and oxygen atoms in total. The SMILES string of the molecule is CS(=O)(=O)C1CCCC(S(=O)(=O)c2ccncc2N)C1. The van der Waals surface area contributed by atoms with Crippen LogP contribution in [-0.4, -0.2) is 38.6 Å².